The van der Waals surface area contributed by atoms with Crippen molar-refractivity contribution in [2.75, 3.05) is 0 Å². The minimum atomic E-state index is -1.25. The van der Waals surface area contributed by atoms with Gasteiger partial charge in [-0.1, -0.05) is 158 Å². The number of fused-ring (bicyclic) bond motifs is 2. The van der Waals surface area contributed by atoms with Crippen LogP contribution in [0.25, 0.3) is 64.7 Å². The molecule has 0 unspecified atom stereocenters. The third-order valence-electron chi connectivity index (χ3n) is 9.68. The van der Waals surface area contributed by atoms with Gasteiger partial charge in [0.05, 0.1) is 16.1 Å². The van der Waals surface area contributed by atoms with Crippen molar-refractivity contribution in [2.45, 2.75) is 53.1 Å². The van der Waals surface area contributed by atoms with Gasteiger partial charge in [0.2, 0.25) is 0 Å². The Labute approximate surface area is 358 Å². The van der Waals surface area contributed by atoms with Crippen LogP contribution >= 0.6 is 22.7 Å². The zero-order valence-corrected chi connectivity index (χ0v) is 39.4. The molecule has 6 aromatic carbocycles. The van der Waals surface area contributed by atoms with Crippen molar-refractivity contribution in [2.24, 2.45) is 0 Å². The summed E-state index contributed by atoms with van der Waals surface area (Å²) in [6.45, 7) is 18.7. The quantitative estimate of drug-likeness (QED) is 0.119. The topological polar surface area (TPSA) is 0 Å². The molecule has 2 heterocycles. The number of hydrogen-bond acceptors (Lipinski definition) is 2. The van der Waals surface area contributed by atoms with E-state index in [4.69, 9.17) is 0 Å². The number of halogens is 2. The molecule has 0 saturated heterocycles. The molecule has 0 aliphatic heterocycles. The number of hydrogen-bond donors (Lipinski definition) is 0. The number of rotatable bonds is 6. The van der Waals surface area contributed by atoms with E-state index in [1.807, 2.05) is 22.7 Å². The first-order valence-corrected chi connectivity index (χ1v) is 26.2. The van der Waals surface area contributed by atoms with Gasteiger partial charge >= 0.3 is 26.2 Å². The van der Waals surface area contributed by atoms with Crippen LogP contribution in [0, 0.1) is 13.8 Å². The third-order valence-corrected chi connectivity index (χ3v) is 15.9. The molecular weight excluding hydrogens is 835 g/mol. The Balaban J connectivity index is 0.000000224. The molecule has 0 amide bonds. The molecule has 0 N–H and O–H groups in total. The Hall–Kier alpha value is -2.60. The van der Waals surface area contributed by atoms with Crippen LogP contribution in [0.2, 0.25) is 39.3 Å². The van der Waals surface area contributed by atoms with Crippen LogP contribution in [0.3, 0.4) is 0 Å². The average molecular weight is 881 g/mol. The summed E-state index contributed by atoms with van der Waals surface area (Å²) in [7, 11) is -2.49. The summed E-state index contributed by atoms with van der Waals surface area (Å²) in [5, 5.41) is 8.38. The summed E-state index contributed by atoms with van der Waals surface area (Å²) in [5.74, 6) is 0. The van der Waals surface area contributed by atoms with Crippen LogP contribution in [0.1, 0.15) is 9.75 Å². The van der Waals surface area contributed by atoms with Crippen molar-refractivity contribution >= 4 is 70.7 Å². The fourth-order valence-corrected chi connectivity index (χ4v) is 10.8. The maximum Gasteiger partial charge on any atom is 4.00 e. The normalized spacial score (nSPS) is 11.3. The molecule has 0 saturated carbocycles. The molecule has 268 valence electrons. The van der Waals surface area contributed by atoms with Crippen molar-refractivity contribution in [1.82, 2.24) is 0 Å². The van der Waals surface area contributed by atoms with E-state index in [1.54, 1.807) is 0 Å². The largest absolute Gasteiger partial charge is 4.00 e. The van der Waals surface area contributed by atoms with Crippen LogP contribution in [0.15, 0.2) is 133 Å². The van der Waals surface area contributed by atoms with Crippen LogP contribution in [0.4, 0.5) is 0 Å². The van der Waals surface area contributed by atoms with Crippen LogP contribution in [-0.2, 0) is 26.2 Å². The van der Waals surface area contributed by atoms with Crippen LogP contribution in [-0.4, -0.2) is 16.1 Å². The molecule has 0 bridgehead atoms. The smallest absolute Gasteiger partial charge is 1.00 e. The molecule has 0 aliphatic rings. The summed E-state index contributed by atoms with van der Waals surface area (Å²) >= 11 is 3.73. The molecule has 8 aromatic rings. The predicted octanol–water partition coefficient (Wildman–Crippen LogP) is 7.62. The predicted molar refractivity (Wildman–Crippen MR) is 232 cm³/mol. The van der Waals surface area contributed by atoms with Crippen molar-refractivity contribution in [3.63, 3.8) is 0 Å². The monoisotopic (exact) mass is 878 g/mol. The summed E-state index contributed by atoms with van der Waals surface area (Å²) < 4.78 is 0. The molecular formula is C46H46Cl2S2Si2Zr. The molecule has 0 aliphatic carbocycles. The van der Waals surface area contributed by atoms with E-state index in [2.05, 4.69) is 187 Å². The van der Waals surface area contributed by atoms with Gasteiger partial charge in [-0.2, -0.15) is 22.7 Å². The van der Waals surface area contributed by atoms with Gasteiger partial charge < -0.3 is 24.8 Å². The maximum atomic E-state index is 2.40. The number of aryl methyl sites for hydroxylation is 2. The van der Waals surface area contributed by atoms with Gasteiger partial charge in [-0.05, 0) is 44.5 Å². The van der Waals surface area contributed by atoms with E-state index in [1.165, 1.54) is 84.8 Å². The minimum absolute atomic E-state index is 0. The van der Waals surface area contributed by atoms with Gasteiger partial charge in [-0.3, -0.25) is 0 Å². The summed E-state index contributed by atoms with van der Waals surface area (Å²) in [4.78, 5) is 5.44. The van der Waals surface area contributed by atoms with E-state index in [9.17, 15) is 0 Å². The van der Waals surface area contributed by atoms with Gasteiger partial charge in [-0.15, -0.1) is 69.1 Å². The first-order chi connectivity index (χ1) is 23.8. The Kier molecular flexibility index (Phi) is 14.2. The molecule has 53 heavy (non-hydrogen) atoms. The maximum absolute atomic E-state index is 2.40. The summed E-state index contributed by atoms with van der Waals surface area (Å²) in [6.07, 6.45) is 0. The molecule has 0 atom stereocenters. The Morgan fingerprint density at radius 2 is 0.811 bits per heavy atom. The van der Waals surface area contributed by atoms with E-state index in [-0.39, 0.29) is 51.0 Å². The molecule has 8 rings (SSSR count). The van der Waals surface area contributed by atoms with E-state index >= 15 is 0 Å². The van der Waals surface area contributed by atoms with Crippen molar-refractivity contribution in [1.29, 1.82) is 0 Å². The fraction of sp³-hybridized carbons (Fsp3) is 0.174. The SMILES string of the molecule is Cc1ccc(-c2cc3c(-c4ccc([Si](C)(C)C)cc4)cccc3[cH-]2)s1.Cc1ccc(-c2cc3c(-c4ccc([Si](C)(C)C)cc4)cccc3[cH-]2)s1.[Cl-].[Cl-].[Zr+4]. The van der Waals surface area contributed by atoms with E-state index in [0.29, 0.717) is 0 Å². The second kappa shape index (κ2) is 17.5. The zero-order chi connectivity index (χ0) is 35.2. The average Bonchev–Trinajstić information content (AvgIpc) is 3.90. The van der Waals surface area contributed by atoms with E-state index < -0.39 is 16.1 Å². The standard InChI is InChI=1S/2C23H23SSi.2ClH.Zr/c2*1-16-8-13-23(24-16)19-14-18-6-5-7-21(22(18)15-19)17-9-11-20(12-10-17)25(2,3)4;;;/h2*5-15H,1-4H3;2*1H;/q2*-1;;;+4/p-2. The Bertz CT molecular complexity index is 2240. The second-order valence-corrected chi connectivity index (χ2v) is 28.3. The summed E-state index contributed by atoms with van der Waals surface area (Å²) in [6, 6.07) is 50.0. The van der Waals surface area contributed by atoms with Gasteiger partial charge in [0.1, 0.15) is 0 Å². The van der Waals surface area contributed by atoms with Gasteiger partial charge in [0.15, 0.2) is 0 Å². The molecule has 0 spiro atoms. The molecule has 0 radical (unpaired) electrons. The first kappa shape index (κ1) is 43.1. The van der Waals surface area contributed by atoms with Gasteiger partial charge in [0, 0.05) is 0 Å². The van der Waals surface area contributed by atoms with Crippen LogP contribution < -0.4 is 35.2 Å². The number of thiophene rings is 2. The van der Waals surface area contributed by atoms with Crippen molar-refractivity contribution in [3.8, 4) is 43.1 Å². The van der Waals surface area contributed by atoms with Gasteiger partial charge in [0.25, 0.3) is 0 Å². The van der Waals surface area contributed by atoms with Crippen molar-refractivity contribution < 1.29 is 51.0 Å². The first-order valence-electron chi connectivity index (χ1n) is 17.6. The Morgan fingerprint density at radius 3 is 1.11 bits per heavy atom. The van der Waals surface area contributed by atoms with E-state index in [0.717, 1.165) is 0 Å². The van der Waals surface area contributed by atoms with Gasteiger partial charge in [-0.25, -0.2) is 0 Å². The molecule has 7 heteroatoms. The molecule has 2 aromatic heterocycles. The van der Waals surface area contributed by atoms with Crippen molar-refractivity contribution in [3.05, 3.63) is 143 Å². The Morgan fingerprint density at radius 1 is 0.453 bits per heavy atom. The van der Waals surface area contributed by atoms with Crippen LogP contribution in [0.5, 0.6) is 0 Å². The third kappa shape index (κ3) is 9.62. The fourth-order valence-electron chi connectivity index (χ4n) is 6.74. The molecule has 0 fully saturated rings. The minimum Gasteiger partial charge on any atom is -1.00 e. The second-order valence-electron chi connectivity index (χ2n) is 15.6. The zero-order valence-electron chi connectivity index (χ0n) is 31.8. The molecule has 0 nitrogen and oxygen atoms in total. The summed E-state index contributed by atoms with van der Waals surface area (Å²) in [5.41, 5.74) is 7.95. The number of benzene rings is 4.